The van der Waals surface area contributed by atoms with Crippen molar-refractivity contribution in [2.45, 2.75) is 104 Å². The Labute approximate surface area is 456 Å². The van der Waals surface area contributed by atoms with Gasteiger partial charge in [0.05, 0.1) is 28.1 Å². The molecular formula is C67H63ClN2O7. The lowest BCUT2D eigenvalue weighted by atomic mass is 9.80. The molecule has 0 radical (unpaired) electrons. The molecule has 0 fully saturated rings. The van der Waals surface area contributed by atoms with Crippen molar-refractivity contribution in [1.29, 1.82) is 0 Å². The van der Waals surface area contributed by atoms with Crippen molar-refractivity contribution in [3.8, 4) is 23.0 Å². The fraction of sp³-hybridized carbons (Fsp3) is 0.239. The summed E-state index contributed by atoms with van der Waals surface area (Å²) in [5.41, 5.74) is 8.54. The Balaban J connectivity index is 1.39. The number of phenolic OH excluding ortho intramolecular Hbond substituents is 1. The molecule has 8 bridgehead atoms. The maximum absolute atomic E-state index is 14.6. The van der Waals surface area contributed by atoms with Crippen molar-refractivity contribution in [3.63, 3.8) is 0 Å². The zero-order chi connectivity index (χ0) is 54.8. The number of esters is 3. The van der Waals surface area contributed by atoms with E-state index >= 15 is 0 Å². The number of carbonyl (C=O) groups excluding carboxylic acids is 3. The molecule has 0 saturated carbocycles. The number of rotatable bonds is 8. The summed E-state index contributed by atoms with van der Waals surface area (Å²) < 4.78 is 20.0. The van der Waals surface area contributed by atoms with Crippen LogP contribution in [-0.2, 0) is 41.9 Å². The highest BCUT2D eigenvalue weighted by Crippen LogP contribution is 2.45. The number of fused-ring (bicyclic) bond motifs is 8. The summed E-state index contributed by atoms with van der Waals surface area (Å²) in [6, 6.07) is 49.5. The van der Waals surface area contributed by atoms with Gasteiger partial charge < -0.3 is 19.3 Å². The van der Waals surface area contributed by atoms with Gasteiger partial charge in [-0.2, -0.15) is 10.2 Å². The van der Waals surface area contributed by atoms with Gasteiger partial charge in [-0.15, -0.1) is 0 Å². The molecule has 9 rings (SSSR count). The molecule has 0 aromatic heterocycles. The van der Waals surface area contributed by atoms with Crippen LogP contribution >= 0.6 is 11.6 Å². The minimum absolute atomic E-state index is 0.0138. The van der Waals surface area contributed by atoms with E-state index < -0.39 is 34.2 Å². The second kappa shape index (κ2) is 21.8. The summed E-state index contributed by atoms with van der Waals surface area (Å²) in [7, 11) is 0. The molecule has 1 aliphatic carbocycles. The Hall–Kier alpha value is -8.14. The van der Waals surface area contributed by atoms with Crippen molar-refractivity contribution < 1.29 is 33.7 Å². The van der Waals surface area contributed by atoms with Crippen LogP contribution in [0.25, 0.3) is 0 Å². The minimum atomic E-state index is -0.564. The van der Waals surface area contributed by atoms with Gasteiger partial charge in [0.25, 0.3) is 0 Å². The number of aromatic hydroxyl groups is 1. The van der Waals surface area contributed by atoms with Crippen molar-refractivity contribution in [2.24, 2.45) is 10.2 Å². The fourth-order valence-electron chi connectivity index (χ4n) is 9.46. The van der Waals surface area contributed by atoms with E-state index in [0.717, 1.165) is 16.7 Å². The first-order valence-corrected chi connectivity index (χ1v) is 26.3. The smallest absolute Gasteiger partial charge is 0.343 e. The van der Waals surface area contributed by atoms with Crippen molar-refractivity contribution in [1.82, 2.24) is 0 Å². The number of ether oxygens (including phenoxy) is 3. The summed E-state index contributed by atoms with van der Waals surface area (Å²) in [6.07, 6.45) is 0.466. The molecule has 0 unspecified atom stereocenters. The molecule has 0 aliphatic heterocycles. The third-order valence-corrected chi connectivity index (χ3v) is 14.0. The van der Waals surface area contributed by atoms with Crippen LogP contribution in [0.3, 0.4) is 0 Å². The molecule has 8 aromatic rings. The van der Waals surface area contributed by atoms with Gasteiger partial charge in [-0.1, -0.05) is 171 Å². The van der Waals surface area contributed by atoms with Crippen LogP contribution in [0.4, 0.5) is 11.4 Å². The monoisotopic (exact) mass is 1040 g/mol. The van der Waals surface area contributed by atoms with Crippen LogP contribution in [-0.4, -0.2) is 23.0 Å². The lowest BCUT2D eigenvalue weighted by Gasteiger charge is -2.28. The molecule has 0 saturated heterocycles. The van der Waals surface area contributed by atoms with Gasteiger partial charge in [-0.05, 0) is 99.7 Å². The van der Waals surface area contributed by atoms with E-state index in [0.29, 0.717) is 94.8 Å². The summed E-state index contributed by atoms with van der Waals surface area (Å²) in [5.74, 6) is -0.741. The Morgan fingerprint density at radius 1 is 0.390 bits per heavy atom. The highest BCUT2D eigenvalue weighted by Gasteiger charge is 2.30. The first-order chi connectivity index (χ1) is 36.6. The highest BCUT2D eigenvalue weighted by molar-refractivity contribution is 6.30. The van der Waals surface area contributed by atoms with Gasteiger partial charge in [-0.25, -0.2) is 14.4 Å². The SMILES string of the molecule is CC(C)(C)c1cc2c(OC(=O)c3ccccc3)c(c1)Cc1cc(C(C)(C)C)cc(c1OC(=O)c1ccccc1)Cc1cc(C(C)(C)C)cc(c1OC(=O)c1ccccc1)Cc1cc(N=Nc3cccc(Cl)c3)cc(c1O)C2. The first kappa shape index (κ1) is 53.7. The Bertz CT molecular complexity index is 3400. The van der Waals surface area contributed by atoms with E-state index in [-0.39, 0.29) is 31.4 Å². The second-order valence-electron chi connectivity index (χ2n) is 22.9. The van der Waals surface area contributed by atoms with Crippen molar-refractivity contribution >= 4 is 40.9 Å². The lowest BCUT2D eigenvalue weighted by molar-refractivity contribution is 0.0722. The van der Waals surface area contributed by atoms with E-state index in [1.54, 1.807) is 109 Å². The van der Waals surface area contributed by atoms with Crippen LogP contribution in [0.5, 0.6) is 23.0 Å². The third kappa shape index (κ3) is 12.6. The number of halogens is 1. The van der Waals surface area contributed by atoms with E-state index in [4.69, 9.17) is 30.9 Å². The maximum Gasteiger partial charge on any atom is 0.343 e. The van der Waals surface area contributed by atoms with Crippen LogP contribution < -0.4 is 14.2 Å². The Morgan fingerprint density at radius 3 is 0.987 bits per heavy atom. The average Bonchev–Trinajstić information content (AvgIpc) is 3.40. The van der Waals surface area contributed by atoms with Crippen LogP contribution in [0.2, 0.25) is 5.02 Å². The quantitative estimate of drug-likeness (QED) is 0.0913. The zero-order valence-corrected chi connectivity index (χ0v) is 45.8. The summed E-state index contributed by atoms with van der Waals surface area (Å²) >= 11 is 6.39. The second-order valence-corrected chi connectivity index (χ2v) is 23.3. The molecule has 1 aliphatic rings. The predicted octanol–water partition coefficient (Wildman–Crippen LogP) is 16.7. The standard InChI is InChI=1S/C67H63ClN2O7/c1-65(2,3)52-32-46-28-44-38-57(70-69-56-27-19-26-55(68)40-56)39-45(58(44)71)29-47-33-53(66(4,5)6)35-49(60(47)76-63(73)42-22-15-11-16-23-42)31-51-37-54(67(7,8)9)36-50(61(51)77-64(74)43-24-17-12-18-25-43)30-48(34-52)59(46)75-62(72)41-20-13-10-14-21-41/h10-27,32-40,71H,28-31H2,1-9H3. The number of azo groups is 1. The zero-order valence-electron chi connectivity index (χ0n) is 45.1. The van der Waals surface area contributed by atoms with Gasteiger partial charge in [-0.3, -0.25) is 0 Å². The molecule has 77 heavy (non-hydrogen) atoms. The van der Waals surface area contributed by atoms with E-state index in [1.165, 1.54) is 0 Å². The van der Waals surface area contributed by atoms with E-state index in [9.17, 15) is 19.5 Å². The van der Waals surface area contributed by atoms with Crippen molar-refractivity contribution in [2.75, 3.05) is 0 Å². The summed E-state index contributed by atoms with van der Waals surface area (Å²) in [5, 5.41) is 22.6. The molecule has 0 amide bonds. The molecule has 1 N–H and O–H groups in total. The van der Waals surface area contributed by atoms with Crippen LogP contribution in [0, 0.1) is 0 Å². The normalized spacial score (nSPS) is 12.8. The van der Waals surface area contributed by atoms with E-state index in [2.05, 4.69) is 91.7 Å². The van der Waals surface area contributed by atoms with E-state index in [1.807, 2.05) is 30.3 Å². The minimum Gasteiger partial charge on any atom is -0.507 e. The van der Waals surface area contributed by atoms with Gasteiger partial charge in [0.2, 0.25) is 0 Å². The topological polar surface area (TPSA) is 124 Å². The predicted molar refractivity (Wildman–Crippen MR) is 305 cm³/mol. The molecule has 0 heterocycles. The molecule has 0 spiro atoms. The third-order valence-electron chi connectivity index (χ3n) is 13.8. The van der Waals surface area contributed by atoms with Gasteiger partial charge in [0, 0.05) is 75.2 Å². The van der Waals surface area contributed by atoms with Gasteiger partial charge in [0.1, 0.15) is 23.0 Å². The Kier molecular flexibility index (Phi) is 15.2. The highest BCUT2D eigenvalue weighted by atomic mass is 35.5. The van der Waals surface area contributed by atoms with Gasteiger partial charge in [0.15, 0.2) is 0 Å². The van der Waals surface area contributed by atoms with Gasteiger partial charge >= 0.3 is 17.9 Å². The molecule has 10 heteroatoms. The lowest BCUT2D eigenvalue weighted by Crippen LogP contribution is -2.19. The number of hydrogen-bond donors (Lipinski definition) is 1. The summed E-state index contributed by atoms with van der Waals surface area (Å²) in [6.45, 7) is 19.1. The molecule has 0 atom stereocenters. The molecular weight excluding hydrogens is 980 g/mol. The maximum atomic E-state index is 14.6. The van der Waals surface area contributed by atoms with Crippen molar-refractivity contribution in [3.05, 3.63) is 247 Å². The number of phenols is 1. The van der Waals surface area contributed by atoms with Crippen LogP contribution in [0.1, 0.15) is 155 Å². The number of hydrogen-bond acceptors (Lipinski definition) is 9. The number of nitrogens with zero attached hydrogens (tertiary/aromatic N) is 2. The van der Waals surface area contributed by atoms with Crippen LogP contribution in [0.15, 0.2) is 174 Å². The number of carbonyl (C=O) groups is 3. The fourth-order valence-corrected chi connectivity index (χ4v) is 9.65. The molecule has 9 nitrogen and oxygen atoms in total. The largest absolute Gasteiger partial charge is 0.507 e. The molecule has 390 valence electrons. The summed E-state index contributed by atoms with van der Waals surface area (Å²) in [4.78, 5) is 43.4. The Morgan fingerprint density at radius 2 is 0.688 bits per heavy atom. The number of benzene rings is 8. The average molecular weight is 1040 g/mol. The first-order valence-electron chi connectivity index (χ1n) is 25.9. The molecule has 8 aromatic carbocycles.